The van der Waals surface area contributed by atoms with Gasteiger partial charge in [0.1, 0.15) is 5.60 Å². The second-order valence-corrected chi connectivity index (χ2v) is 5.13. The van der Waals surface area contributed by atoms with Crippen LogP contribution in [-0.4, -0.2) is 22.6 Å². The molecule has 1 fully saturated rings. The van der Waals surface area contributed by atoms with Crippen molar-refractivity contribution >= 4 is 0 Å². The van der Waals surface area contributed by atoms with Gasteiger partial charge in [-0.1, -0.05) is 13.8 Å². The molecule has 1 atom stereocenters. The van der Waals surface area contributed by atoms with E-state index in [2.05, 4.69) is 36.1 Å². The van der Waals surface area contributed by atoms with Crippen LogP contribution in [0.3, 0.4) is 0 Å². The molecule has 0 saturated carbocycles. The average molecular weight is 235 g/mol. The zero-order valence-electron chi connectivity index (χ0n) is 10.9. The molecular formula is C13H21N3O. The Morgan fingerprint density at radius 3 is 2.65 bits per heavy atom. The van der Waals surface area contributed by atoms with Crippen LogP contribution in [0, 0.1) is 0 Å². The second kappa shape index (κ2) is 5.10. The van der Waals surface area contributed by atoms with Crippen molar-refractivity contribution in [3.8, 4) is 0 Å². The Morgan fingerprint density at radius 2 is 2.12 bits per heavy atom. The lowest BCUT2D eigenvalue weighted by molar-refractivity contribution is 0.00927. The van der Waals surface area contributed by atoms with E-state index < -0.39 is 0 Å². The van der Waals surface area contributed by atoms with Crippen LogP contribution in [0.25, 0.3) is 0 Å². The molecule has 4 heteroatoms. The maximum atomic E-state index is 5.72. The quantitative estimate of drug-likeness (QED) is 0.867. The molecule has 1 saturated heterocycles. The predicted molar refractivity (Wildman–Crippen MR) is 66.5 cm³/mol. The molecule has 0 bridgehead atoms. The molecule has 4 nitrogen and oxygen atoms in total. The highest BCUT2D eigenvalue weighted by Gasteiger charge is 2.34. The van der Waals surface area contributed by atoms with Crippen molar-refractivity contribution < 1.29 is 4.74 Å². The predicted octanol–water partition coefficient (Wildman–Crippen LogP) is 2.00. The molecule has 94 valence electrons. The third-order valence-electron chi connectivity index (χ3n) is 3.11. The summed E-state index contributed by atoms with van der Waals surface area (Å²) in [5.74, 6) is 0.809. The van der Waals surface area contributed by atoms with Gasteiger partial charge in [0, 0.05) is 37.2 Å². The van der Waals surface area contributed by atoms with Crippen LogP contribution in [0.5, 0.6) is 0 Å². The van der Waals surface area contributed by atoms with E-state index in [1.165, 1.54) is 0 Å². The molecular weight excluding hydrogens is 214 g/mol. The van der Waals surface area contributed by atoms with Gasteiger partial charge in [-0.05, 0) is 19.8 Å². The van der Waals surface area contributed by atoms with Crippen LogP contribution >= 0.6 is 0 Å². The smallest absolute Gasteiger partial charge is 0.159 e. The number of rotatable bonds is 4. The molecule has 0 amide bonds. The first kappa shape index (κ1) is 12.5. The van der Waals surface area contributed by atoms with Gasteiger partial charge < -0.3 is 10.1 Å². The summed E-state index contributed by atoms with van der Waals surface area (Å²) < 4.78 is 5.72. The Morgan fingerprint density at radius 1 is 1.41 bits per heavy atom. The number of nitrogens with one attached hydrogen (secondary N) is 1. The van der Waals surface area contributed by atoms with Gasteiger partial charge >= 0.3 is 0 Å². The fourth-order valence-electron chi connectivity index (χ4n) is 2.00. The van der Waals surface area contributed by atoms with E-state index >= 15 is 0 Å². The van der Waals surface area contributed by atoms with Gasteiger partial charge in [-0.3, -0.25) is 0 Å². The van der Waals surface area contributed by atoms with E-state index in [4.69, 9.17) is 4.74 Å². The Kier molecular flexibility index (Phi) is 3.74. The second-order valence-electron chi connectivity index (χ2n) is 5.13. The summed E-state index contributed by atoms with van der Waals surface area (Å²) in [4.78, 5) is 8.87. The highest BCUT2D eigenvalue weighted by molar-refractivity contribution is 5.09. The Balaban J connectivity index is 2.02. The van der Waals surface area contributed by atoms with Crippen LogP contribution in [0.2, 0.25) is 0 Å². The van der Waals surface area contributed by atoms with Crippen LogP contribution in [0.4, 0.5) is 0 Å². The van der Waals surface area contributed by atoms with Gasteiger partial charge in [-0.15, -0.1) is 0 Å². The summed E-state index contributed by atoms with van der Waals surface area (Å²) in [6.07, 6.45) is 5.89. The summed E-state index contributed by atoms with van der Waals surface area (Å²) in [5.41, 5.74) is 0.841. The minimum Gasteiger partial charge on any atom is -0.367 e. The third-order valence-corrected chi connectivity index (χ3v) is 3.11. The topological polar surface area (TPSA) is 47.0 Å². The lowest BCUT2D eigenvalue weighted by Crippen LogP contribution is -2.25. The van der Waals surface area contributed by atoms with Gasteiger partial charge in [-0.25, -0.2) is 9.97 Å². The number of ether oxygens (including phenoxy) is 1. The first-order chi connectivity index (χ1) is 8.10. The largest absolute Gasteiger partial charge is 0.367 e. The fourth-order valence-corrected chi connectivity index (χ4v) is 2.00. The Labute approximate surface area is 103 Å². The zero-order valence-corrected chi connectivity index (χ0v) is 10.9. The van der Waals surface area contributed by atoms with Crippen molar-refractivity contribution in [1.82, 2.24) is 15.3 Å². The lowest BCUT2D eigenvalue weighted by atomic mass is 10.0. The van der Waals surface area contributed by atoms with Gasteiger partial charge in [0.05, 0.1) is 0 Å². The molecule has 0 spiro atoms. The molecule has 0 aromatic carbocycles. The van der Waals surface area contributed by atoms with Crippen LogP contribution < -0.4 is 5.32 Å². The van der Waals surface area contributed by atoms with Crippen molar-refractivity contribution in [2.75, 3.05) is 6.61 Å². The normalized spacial score (nSPS) is 24.5. The SMILES string of the molecule is CC(C)NCc1cnc(C2(C)CCCO2)nc1. The van der Waals surface area contributed by atoms with Gasteiger partial charge in [-0.2, -0.15) is 0 Å². The molecule has 0 aliphatic carbocycles. The van der Waals surface area contributed by atoms with Crippen molar-refractivity contribution in [2.24, 2.45) is 0 Å². The van der Waals surface area contributed by atoms with Crippen LogP contribution in [0.1, 0.15) is 45.0 Å². The standard InChI is InChI=1S/C13H21N3O/c1-10(2)14-7-11-8-15-12(16-9-11)13(3)5-4-6-17-13/h8-10,14H,4-7H2,1-3H3. The van der Waals surface area contributed by atoms with E-state index in [1.807, 2.05) is 12.4 Å². The van der Waals surface area contributed by atoms with Gasteiger partial charge in [0.25, 0.3) is 0 Å². The van der Waals surface area contributed by atoms with E-state index in [0.29, 0.717) is 6.04 Å². The average Bonchev–Trinajstić information content (AvgIpc) is 2.75. The summed E-state index contributed by atoms with van der Waals surface area (Å²) in [6, 6.07) is 0.477. The molecule has 0 radical (unpaired) electrons. The van der Waals surface area contributed by atoms with Crippen molar-refractivity contribution in [3.63, 3.8) is 0 Å². The zero-order chi connectivity index (χ0) is 12.3. The number of hydrogen-bond acceptors (Lipinski definition) is 4. The Bertz CT molecular complexity index is 355. The summed E-state index contributed by atoms with van der Waals surface area (Å²) in [7, 11) is 0. The van der Waals surface area contributed by atoms with E-state index in [9.17, 15) is 0 Å². The van der Waals surface area contributed by atoms with Crippen LogP contribution in [-0.2, 0) is 16.9 Å². The molecule has 2 rings (SSSR count). The monoisotopic (exact) mass is 235 g/mol. The summed E-state index contributed by atoms with van der Waals surface area (Å²) >= 11 is 0. The summed E-state index contributed by atoms with van der Waals surface area (Å²) in [6.45, 7) is 7.96. The number of hydrogen-bond donors (Lipinski definition) is 1. The van der Waals surface area contributed by atoms with Crippen molar-refractivity contribution in [1.29, 1.82) is 0 Å². The van der Waals surface area contributed by atoms with Crippen LogP contribution in [0.15, 0.2) is 12.4 Å². The third kappa shape index (κ3) is 3.01. The fraction of sp³-hybridized carbons (Fsp3) is 0.692. The first-order valence-corrected chi connectivity index (χ1v) is 6.29. The molecule has 1 aromatic heterocycles. The van der Waals surface area contributed by atoms with E-state index in [-0.39, 0.29) is 5.60 Å². The maximum absolute atomic E-state index is 5.72. The van der Waals surface area contributed by atoms with Crippen molar-refractivity contribution in [3.05, 3.63) is 23.8 Å². The van der Waals surface area contributed by atoms with Gasteiger partial charge in [0.15, 0.2) is 5.82 Å². The van der Waals surface area contributed by atoms with Crippen molar-refractivity contribution in [2.45, 2.75) is 51.8 Å². The highest BCUT2D eigenvalue weighted by atomic mass is 16.5. The van der Waals surface area contributed by atoms with E-state index in [0.717, 1.165) is 37.4 Å². The molecule has 2 heterocycles. The Hall–Kier alpha value is -1.00. The molecule has 1 aliphatic rings. The molecule has 1 unspecified atom stereocenters. The molecule has 1 N–H and O–H groups in total. The molecule has 1 aromatic rings. The lowest BCUT2D eigenvalue weighted by Gasteiger charge is -2.21. The first-order valence-electron chi connectivity index (χ1n) is 6.29. The van der Waals surface area contributed by atoms with E-state index in [1.54, 1.807) is 0 Å². The van der Waals surface area contributed by atoms with Gasteiger partial charge in [0.2, 0.25) is 0 Å². The summed E-state index contributed by atoms with van der Waals surface area (Å²) in [5, 5.41) is 3.35. The number of aromatic nitrogens is 2. The maximum Gasteiger partial charge on any atom is 0.159 e. The molecule has 1 aliphatic heterocycles. The number of nitrogens with zero attached hydrogens (tertiary/aromatic N) is 2. The minimum atomic E-state index is -0.274. The molecule has 17 heavy (non-hydrogen) atoms. The highest BCUT2D eigenvalue weighted by Crippen LogP contribution is 2.32. The minimum absolute atomic E-state index is 0.274.